The van der Waals surface area contributed by atoms with Crippen molar-refractivity contribution in [2.45, 2.75) is 26.7 Å². The zero-order valence-electron chi connectivity index (χ0n) is 9.31. The van der Waals surface area contributed by atoms with Gasteiger partial charge in [0, 0.05) is 0 Å². The maximum Gasteiger partial charge on any atom is 0.306 e. The maximum absolute atomic E-state index is 11.0. The predicted octanol–water partition coefficient (Wildman–Crippen LogP) is 2.98. The van der Waals surface area contributed by atoms with Gasteiger partial charge in [0.05, 0.1) is 5.92 Å². The van der Waals surface area contributed by atoms with Crippen molar-refractivity contribution in [3.63, 3.8) is 0 Å². The fraction of sp³-hybridized carbons (Fsp3) is 0.462. The Balaban J connectivity index is 2.62. The largest absolute Gasteiger partial charge is 0.481 e. The quantitative estimate of drug-likeness (QED) is 0.804. The van der Waals surface area contributed by atoms with Crippen molar-refractivity contribution in [3.05, 3.63) is 35.9 Å². The fourth-order valence-electron chi connectivity index (χ4n) is 1.95. The summed E-state index contributed by atoms with van der Waals surface area (Å²) in [7, 11) is 0. The summed E-state index contributed by atoms with van der Waals surface area (Å²) in [5.41, 5.74) is 1.21. The van der Waals surface area contributed by atoms with Crippen LogP contribution in [0.3, 0.4) is 0 Å². The van der Waals surface area contributed by atoms with E-state index in [1.165, 1.54) is 5.56 Å². The van der Waals surface area contributed by atoms with Gasteiger partial charge >= 0.3 is 5.97 Å². The molecule has 0 saturated carbocycles. The van der Waals surface area contributed by atoms with Gasteiger partial charge < -0.3 is 5.11 Å². The van der Waals surface area contributed by atoms with Gasteiger partial charge in [-0.05, 0) is 24.3 Å². The third-order valence-corrected chi connectivity index (χ3v) is 2.84. The highest BCUT2D eigenvalue weighted by atomic mass is 16.4. The van der Waals surface area contributed by atoms with Crippen molar-refractivity contribution >= 4 is 5.97 Å². The molecule has 2 unspecified atom stereocenters. The van der Waals surface area contributed by atoms with Crippen molar-refractivity contribution < 1.29 is 9.90 Å². The summed E-state index contributed by atoms with van der Waals surface area (Å²) in [4.78, 5) is 11.0. The Kier molecular flexibility index (Phi) is 4.35. The molecule has 0 amide bonds. The van der Waals surface area contributed by atoms with Gasteiger partial charge in [0.15, 0.2) is 0 Å². The first kappa shape index (κ1) is 11.8. The van der Waals surface area contributed by atoms with Crippen LogP contribution in [0, 0.1) is 11.8 Å². The van der Waals surface area contributed by atoms with Crippen LogP contribution >= 0.6 is 0 Å². The lowest BCUT2D eigenvalue weighted by Gasteiger charge is -2.18. The second-order valence-electron chi connectivity index (χ2n) is 4.02. The molecule has 0 fully saturated rings. The van der Waals surface area contributed by atoms with Gasteiger partial charge in [-0.25, -0.2) is 0 Å². The van der Waals surface area contributed by atoms with E-state index in [-0.39, 0.29) is 11.8 Å². The topological polar surface area (TPSA) is 37.3 Å². The summed E-state index contributed by atoms with van der Waals surface area (Å²) >= 11 is 0. The lowest BCUT2D eigenvalue weighted by atomic mass is 9.87. The lowest BCUT2D eigenvalue weighted by Crippen LogP contribution is -2.22. The summed E-state index contributed by atoms with van der Waals surface area (Å²) in [6.45, 7) is 3.94. The first-order valence-corrected chi connectivity index (χ1v) is 5.41. The Morgan fingerprint density at radius 2 is 1.93 bits per heavy atom. The zero-order chi connectivity index (χ0) is 11.3. The average molecular weight is 206 g/mol. The highest BCUT2D eigenvalue weighted by molar-refractivity contribution is 5.70. The Bertz CT molecular complexity index is 306. The number of aliphatic carboxylic acids is 1. The van der Waals surface area contributed by atoms with Crippen LogP contribution in [0.4, 0.5) is 0 Å². The number of benzene rings is 1. The third kappa shape index (κ3) is 3.39. The van der Waals surface area contributed by atoms with Crippen molar-refractivity contribution in [1.29, 1.82) is 0 Å². The molecule has 0 radical (unpaired) electrons. The molecule has 0 saturated heterocycles. The lowest BCUT2D eigenvalue weighted by molar-refractivity contribution is -0.143. The number of hydrogen-bond acceptors (Lipinski definition) is 1. The molecule has 0 aliphatic rings. The van der Waals surface area contributed by atoms with E-state index in [1.807, 2.05) is 44.2 Å². The highest BCUT2D eigenvalue weighted by Crippen LogP contribution is 2.20. The first-order chi connectivity index (χ1) is 7.15. The van der Waals surface area contributed by atoms with Crippen LogP contribution < -0.4 is 0 Å². The van der Waals surface area contributed by atoms with E-state index in [0.717, 1.165) is 6.42 Å². The molecule has 82 valence electrons. The number of carboxylic acids is 1. The Morgan fingerprint density at radius 1 is 1.33 bits per heavy atom. The number of carbonyl (C=O) groups is 1. The summed E-state index contributed by atoms with van der Waals surface area (Å²) < 4.78 is 0. The minimum atomic E-state index is -0.680. The minimum Gasteiger partial charge on any atom is -0.481 e. The van der Waals surface area contributed by atoms with Gasteiger partial charge in [-0.3, -0.25) is 4.79 Å². The molecule has 15 heavy (non-hydrogen) atoms. The van der Waals surface area contributed by atoms with Crippen molar-refractivity contribution in [2.24, 2.45) is 11.8 Å². The van der Waals surface area contributed by atoms with E-state index in [0.29, 0.717) is 6.42 Å². The van der Waals surface area contributed by atoms with E-state index in [2.05, 4.69) is 0 Å². The standard InChI is InChI=1S/C13H18O2/c1-3-12(13(14)15)10(2)9-11-7-5-4-6-8-11/h4-8,10,12H,3,9H2,1-2H3,(H,14,15). The second kappa shape index (κ2) is 5.54. The van der Waals surface area contributed by atoms with Crippen molar-refractivity contribution in [1.82, 2.24) is 0 Å². The normalized spacial score (nSPS) is 14.5. The van der Waals surface area contributed by atoms with E-state index in [1.54, 1.807) is 0 Å². The number of carboxylic acid groups (broad SMARTS) is 1. The molecular weight excluding hydrogens is 188 g/mol. The fourth-order valence-corrected chi connectivity index (χ4v) is 1.95. The van der Waals surface area contributed by atoms with Crippen LogP contribution in [0.2, 0.25) is 0 Å². The summed E-state index contributed by atoms with van der Waals surface area (Å²) in [5, 5.41) is 9.02. The van der Waals surface area contributed by atoms with Gasteiger partial charge in [0.2, 0.25) is 0 Å². The monoisotopic (exact) mass is 206 g/mol. The van der Waals surface area contributed by atoms with Gasteiger partial charge in [0.1, 0.15) is 0 Å². The van der Waals surface area contributed by atoms with Crippen LogP contribution in [0.1, 0.15) is 25.8 Å². The summed E-state index contributed by atoms with van der Waals surface area (Å²) in [6.07, 6.45) is 1.54. The highest BCUT2D eigenvalue weighted by Gasteiger charge is 2.22. The number of hydrogen-bond donors (Lipinski definition) is 1. The molecule has 2 heteroatoms. The van der Waals surface area contributed by atoms with Gasteiger partial charge in [-0.2, -0.15) is 0 Å². The van der Waals surface area contributed by atoms with Crippen LogP contribution in [0.25, 0.3) is 0 Å². The molecule has 0 spiro atoms. The van der Waals surface area contributed by atoms with Crippen molar-refractivity contribution in [3.8, 4) is 0 Å². The molecule has 1 aromatic carbocycles. The third-order valence-electron chi connectivity index (χ3n) is 2.84. The molecule has 0 aromatic heterocycles. The van der Waals surface area contributed by atoms with E-state index in [9.17, 15) is 4.79 Å². The smallest absolute Gasteiger partial charge is 0.306 e. The van der Waals surface area contributed by atoms with Crippen LogP contribution in [-0.4, -0.2) is 11.1 Å². The summed E-state index contributed by atoms with van der Waals surface area (Å²) in [6, 6.07) is 10.0. The van der Waals surface area contributed by atoms with Gasteiger partial charge in [-0.15, -0.1) is 0 Å². The van der Waals surface area contributed by atoms with Crippen LogP contribution in [0.5, 0.6) is 0 Å². The Hall–Kier alpha value is -1.31. The molecule has 1 N–H and O–H groups in total. The Labute approximate surface area is 90.9 Å². The molecule has 2 atom stereocenters. The van der Waals surface area contributed by atoms with E-state index >= 15 is 0 Å². The second-order valence-corrected chi connectivity index (χ2v) is 4.02. The van der Waals surface area contributed by atoms with Gasteiger partial charge in [0.25, 0.3) is 0 Å². The molecule has 1 aromatic rings. The number of rotatable bonds is 5. The summed E-state index contributed by atoms with van der Waals surface area (Å²) in [5.74, 6) is -0.721. The molecule has 2 nitrogen and oxygen atoms in total. The van der Waals surface area contributed by atoms with Crippen LogP contribution in [-0.2, 0) is 11.2 Å². The molecule has 0 aliphatic carbocycles. The van der Waals surface area contributed by atoms with Crippen LogP contribution in [0.15, 0.2) is 30.3 Å². The maximum atomic E-state index is 11.0. The van der Waals surface area contributed by atoms with Crippen molar-refractivity contribution in [2.75, 3.05) is 0 Å². The van der Waals surface area contributed by atoms with E-state index < -0.39 is 5.97 Å². The molecular formula is C13H18O2. The minimum absolute atomic E-state index is 0.190. The van der Waals surface area contributed by atoms with Gasteiger partial charge in [-0.1, -0.05) is 44.2 Å². The van der Waals surface area contributed by atoms with E-state index in [4.69, 9.17) is 5.11 Å². The average Bonchev–Trinajstić information content (AvgIpc) is 2.19. The predicted molar refractivity (Wildman–Crippen MR) is 60.7 cm³/mol. The Morgan fingerprint density at radius 3 is 2.40 bits per heavy atom. The molecule has 0 heterocycles. The SMILES string of the molecule is CCC(C(=O)O)C(C)Cc1ccccc1. The molecule has 1 rings (SSSR count). The molecule has 0 aliphatic heterocycles. The zero-order valence-corrected chi connectivity index (χ0v) is 9.31. The first-order valence-electron chi connectivity index (χ1n) is 5.41. The molecule has 0 bridgehead atoms.